The van der Waals surface area contributed by atoms with E-state index < -0.39 is 9.85 Å². The number of hydrogen-bond donors (Lipinski definition) is 0. The number of carbonyl (C=O) groups excluding carboxylic acids is 4. The second-order valence-electron chi connectivity index (χ2n) is 13.7. The molecule has 2 aliphatic rings. The molecule has 0 atom stereocenters. The molecular formula is C42H38Br2N6O8S. The van der Waals surface area contributed by atoms with E-state index in [2.05, 4.69) is 31.9 Å². The van der Waals surface area contributed by atoms with Gasteiger partial charge in [-0.25, -0.2) is 0 Å². The van der Waals surface area contributed by atoms with Gasteiger partial charge in [-0.1, -0.05) is 80.0 Å². The summed E-state index contributed by atoms with van der Waals surface area (Å²) in [4.78, 5) is 82.0. The first kappa shape index (κ1) is 42.9. The van der Waals surface area contributed by atoms with Crippen LogP contribution < -0.4 is 0 Å². The van der Waals surface area contributed by atoms with E-state index in [9.17, 15) is 39.4 Å². The molecule has 304 valence electrons. The van der Waals surface area contributed by atoms with Gasteiger partial charge < -0.3 is 19.6 Å². The van der Waals surface area contributed by atoms with Gasteiger partial charge in [0, 0.05) is 87.3 Å². The van der Waals surface area contributed by atoms with Gasteiger partial charge in [0.05, 0.1) is 30.8 Å². The summed E-state index contributed by atoms with van der Waals surface area (Å²) in [5.74, 6) is -0.744. The van der Waals surface area contributed by atoms with Crippen LogP contribution in [0.1, 0.15) is 25.0 Å². The summed E-state index contributed by atoms with van der Waals surface area (Å²) in [7, 11) is 0. The standard InChI is InChI=1S/C42H38Br2N6O8S/c1-27(51)45-19-23-47(24-20-45)37(53)17-9-31-7-15-35(41(49(55)56)39(31)29-3-11-33(43)12-4-29)59-36-16-8-32(10-18-38(54)48-25-21-46(22-26-48)28(2)52)40(42(36)50(57)58)30-5-13-34(44)14-6-30/h3-18H,19-26H2,1-2H3/b17-9+,18-10+. The molecule has 4 amide bonds. The number of nitrogens with zero attached hydrogens (tertiary/aromatic N) is 6. The fourth-order valence-corrected chi connectivity index (χ4v) is 8.54. The van der Waals surface area contributed by atoms with Crippen LogP contribution >= 0.6 is 43.6 Å². The Hall–Kier alpha value is -5.65. The summed E-state index contributed by atoms with van der Waals surface area (Å²) in [6, 6.07) is 20.1. The maximum absolute atomic E-state index is 13.2. The van der Waals surface area contributed by atoms with Gasteiger partial charge in [-0.15, -0.1) is 0 Å². The summed E-state index contributed by atoms with van der Waals surface area (Å²) in [5.41, 5.74) is 1.58. The van der Waals surface area contributed by atoms with Crippen molar-refractivity contribution in [2.24, 2.45) is 0 Å². The Bertz CT molecular complexity index is 2210. The summed E-state index contributed by atoms with van der Waals surface area (Å²) in [6.07, 6.45) is 5.77. The van der Waals surface area contributed by atoms with E-state index in [1.807, 2.05) is 0 Å². The number of amides is 4. The predicted octanol–water partition coefficient (Wildman–Crippen LogP) is 7.92. The highest BCUT2D eigenvalue weighted by molar-refractivity contribution is 9.10. The van der Waals surface area contributed by atoms with Crippen molar-refractivity contribution in [2.45, 2.75) is 23.6 Å². The highest BCUT2D eigenvalue weighted by Gasteiger charge is 2.30. The third-order valence-corrected chi connectivity index (χ3v) is 12.2. The van der Waals surface area contributed by atoms with E-state index in [4.69, 9.17) is 0 Å². The lowest BCUT2D eigenvalue weighted by Gasteiger charge is -2.33. The van der Waals surface area contributed by atoms with Crippen LogP contribution in [0.5, 0.6) is 0 Å². The number of nitro groups is 2. The first-order chi connectivity index (χ1) is 28.2. The van der Waals surface area contributed by atoms with E-state index >= 15 is 0 Å². The first-order valence-corrected chi connectivity index (χ1v) is 20.9. The number of piperazine rings is 2. The normalized spacial score (nSPS) is 14.6. The lowest BCUT2D eigenvalue weighted by atomic mass is 9.97. The zero-order chi connectivity index (χ0) is 42.4. The molecular weight excluding hydrogens is 908 g/mol. The van der Waals surface area contributed by atoms with Gasteiger partial charge in [-0.3, -0.25) is 39.4 Å². The van der Waals surface area contributed by atoms with Crippen LogP contribution in [0.2, 0.25) is 0 Å². The molecule has 0 spiro atoms. The van der Waals surface area contributed by atoms with Crippen LogP contribution in [0.15, 0.2) is 104 Å². The average Bonchev–Trinajstić information content (AvgIpc) is 3.22. The number of benzene rings is 4. The van der Waals surface area contributed by atoms with Crippen LogP contribution in [-0.2, 0) is 19.2 Å². The lowest BCUT2D eigenvalue weighted by Crippen LogP contribution is -2.49. The van der Waals surface area contributed by atoms with Gasteiger partial charge in [-0.05, 0) is 70.8 Å². The molecule has 0 aromatic heterocycles. The molecule has 2 saturated heterocycles. The van der Waals surface area contributed by atoms with Gasteiger partial charge in [0.1, 0.15) is 0 Å². The van der Waals surface area contributed by atoms with Gasteiger partial charge in [0.15, 0.2) is 0 Å². The molecule has 4 aromatic rings. The molecule has 0 aliphatic carbocycles. The Labute approximate surface area is 361 Å². The summed E-state index contributed by atoms with van der Waals surface area (Å²) < 4.78 is 1.49. The number of halogens is 2. The molecule has 59 heavy (non-hydrogen) atoms. The zero-order valence-corrected chi connectivity index (χ0v) is 36.0. The fraction of sp³-hybridized carbons (Fsp3) is 0.238. The van der Waals surface area contributed by atoms with Gasteiger partial charge in [-0.2, -0.15) is 0 Å². The van der Waals surface area contributed by atoms with E-state index in [1.54, 1.807) is 80.3 Å². The summed E-state index contributed by atoms with van der Waals surface area (Å²) >= 11 is 7.72. The molecule has 0 saturated carbocycles. The molecule has 2 heterocycles. The molecule has 4 aromatic carbocycles. The second kappa shape index (κ2) is 18.9. The molecule has 2 aliphatic heterocycles. The van der Waals surface area contributed by atoms with Crippen molar-refractivity contribution in [1.82, 2.24) is 19.6 Å². The Morgan fingerprint density at radius 3 is 1.17 bits per heavy atom. The minimum absolute atomic E-state index is 0.0653. The first-order valence-electron chi connectivity index (χ1n) is 18.5. The van der Waals surface area contributed by atoms with Gasteiger partial charge in [0.25, 0.3) is 11.4 Å². The zero-order valence-electron chi connectivity index (χ0n) is 32.0. The number of carbonyl (C=O) groups is 4. The molecule has 2 fully saturated rings. The van der Waals surface area contributed by atoms with Crippen LogP contribution in [0.25, 0.3) is 34.4 Å². The Morgan fingerprint density at radius 1 is 0.542 bits per heavy atom. The molecule has 14 nitrogen and oxygen atoms in total. The minimum Gasteiger partial charge on any atom is -0.339 e. The molecule has 0 unspecified atom stereocenters. The van der Waals surface area contributed by atoms with Crippen LogP contribution in [0, 0.1) is 20.2 Å². The van der Waals surface area contributed by atoms with Crippen molar-refractivity contribution >= 4 is 90.8 Å². The van der Waals surface area contributed by atoms with E-state index in [1.165, 1.54) is 50.3 Å². The van der Waals surface area contributed by atoms with Crippen molar-refractivity contribution in [3.8, 4) is 22.3 Å². The molecule has 0 bridgehead atoms. The van der Waals surface area contributed by atoms with Crippen LogP contribution in [0.3, 0.4) is 0 Å². The largest absolute Gasteiger partial charge is 0.339 e. The summed E-state index contributed by atoms with van der Waals surface area (Å²) in [5, 5.41) is 26.1. The van der Waals surface area contributed by atoms with Crippen molar-refractivity contribution < 1.29 is 29.0 Å². The van der Waals surface area contributed by atoms with Gasteiger partial charge >= 0.3 is 0 Å². The average molecular weight is 947 g/mol. The SMILES string of the molecule is CC(=O)N1CCN(C(=O)/C=C/c2ccc(Sc3ccc(/C=C/C(=O)N4CCN(C(C)=O)CC4)c(-c4ccc(Br)cc4)c3[N+](=O)[O-])c([N+](=O)[O-])c2-c2ccc(Br)cc2)CC1. The fourth-order valence-electron chi connectivity index (χ4n) is 6.96. The highest BCUT2D eigenvalue weighted by Crippen LogP contribution is 2.48. The predicted molar refractivity (Wildman–Crippen MR) is 232 cm³/mol. The molecule has 0 radical (unpaired) electrons. The minimum atomic E-state index is -0.528. The van der Waals surface area contributed by atoms with E-state index in [-0.39, 0.29) is 55.9 Å². The molecule has 0 N–H and O–H groups in total. The van der Waals surface area contributed by atoms with Gasteiger partial charge in [0.2, 0.25) is 23.6 Å². The van der Waals surface area contributed by atoms with Crippen molar-refractivity contribution in [1.29, 1.82) is 0 Å². The Morgan fingerprint density at radius 2 is 0.864 bits per heavy atom. The highest BCUT2D eigenvalue weighted by atomic mass is 79.9. The van der Waals surface area contributed by atoms with E-state index in [0.717, 1.165) is 20.7 Å². The number of rotatable bonds is 10. The van der Waals surface area contributed by atoms with Crippen LogP contribution in [0.4, 0.5) is 11.4 Å². The number of nitro benzene ring substituents is 2. The number of hydrogen-bond acceptors (Lipinski definition) is 9. The van der Waals surface area contributed by atoms with E-state index in [0.29, 0.717) is 74.6 Å². The maximum Gasteiger partial charge on any atom is 0.291 e. The Balaban J connectivity index is 1.41. The third-order valence-electron chi connectivity index (χ3n) is 10.1. The smallest absolute Gasteiger partial charge is 0.291 e. The lowest BCUT2D eigenvalue weighted by molar-refractivity contribution is -0.387. The molecule has 6 rings (SSSR count). The maximum atomic E-state index is 13.2. The van der Waals surface area contributed by atoms with Crippen molar-refractivity contribution in [3.05, 3.63) is 125 Å². The van der Waals surface area contributed by atoms with Crippen molar-refractivity contribution in [2.75, 3.05) is 52.4 Å². The quantitative estimate of drug-likeness (QED) is 0.0872. The third kappa shape index (κ3) is 10.1. The second-order valence-corrected chi connectivity index (χ2v) is 16.6. The summed E-state index contributed by atoms with van der Waals surface area (Å²) in [6.45, 7) is 5.99. The van der Waals surface area contributed by atoms with Crippen molar-refractivity contribution in [3.63, 3.8) is 0 Å². The monoisotopic (exact) mass is 944 g/mol. The molecule has 17 heteroatoms. The topological polar surface area (TPSA) is 168 Å². The Kier molecular flexibility index (Phi) is 13.8. The van der Waals surface area contributed by atoms with Crippen LogP contribution in [-0.4, -0.2) is 105 Å².